The third-order valence-corrected chi connectivity index (χ3v) is 9.76. The molecule has 3 fully saturated rings. The van der Waals surface area contributed by atoms with E-state index in [9.17, 15) is 23.1 Å². The van der Waals surface area contributed by atoms with E-state index in [0.29, 0.717) is 47.3 Å². The quantitative estimate of drug-likeness (QED) is 0.387. The summed E-state index contributed by atoms with van der Waals surface area (Å²) >= 11 is 6.46. The maximum atomic E-state index is 13.9. The predicted octanol–water partition coefficient (Wildman–Crippen LogP) is 5.82. The first-order chi connectivity index (χ1) is 19.3. The van der Waals surface area contributed by atoms with E-state index >= 15 is 0 Å². The summed E-state index contributed by atoms with van der Waals surface area (Å²) in [6, 6.07) is 5.22. The molecule has 6 rings (SSSR count). The highest BCUT2D eigenvalue weighted by Gasteiger charge is 2.50. The topological polar surface area (TPSA) is 87.4 Å². The van der Waals surface area contributed by atoms with E-state index < -0.39 is 29.3 Å². The van der Waals surface area contributed by atoms with E-state index in [1.165, 1.54) is 10.9 Å². The Morgan fingerprint density at radius 1 is 1.20 bits per heavy atom. The number of rotatable bonds is 6. The summed E-state index contributed by atoms with van der Waals surface area (Å²) in [6.45, 7) is 8.92. The van der Waals surface area contributed by atoms with Gasteiger partial charge in [-0.3, -0.25) is 4.79 Å². The van der Waals surface area contributed by atoms with Gasteiger partial charge in [0.2, 0.25) is 5.95 Å². The molecule has 1 aliphatic carbocycles. The molecule has 41 heavy (non-hydrogen) atoms. The van der Waals surface area contributed by atoms with E-state index in [1.54, 1.807) is 13.0 Å². The van der Waals surface area contributed by atoms with Gasteiger partial charge in [0.1, 0.15) is 0 Å². The minimum absolute atomic E-state index is 0.130. The first kappa shape index (κ1) is 28.2. The average molecular weight is 591 g/mol. The number of carbonyl (C=O) groups is 1. The number of alkyl halides is 3. The van der Waals surface area contributed by atoms with E-state index in [2.05, 4.69) is 20.0 Å². The average Bonchev–Trinajstić information content (AvgIpc) is 3.25. The number of anilines is 1. The molecule has 0 spiro atoms. The summed E-state index contributed by atoms with van der Waals surface area (Å²) in [4.78, 5) is 24.9. The molecule has 8 nitrogen and oxygen atoms in total. The Labute approximate surface area is 241 Å². The van der Waals surface area contributed by atoms with E-state index in [0.717, 1.165) is 44.6 Å². The summed E-state index contributed by atoms with van der Waals surface area (Å²) in [5.41, 5.74) is 0.133. The fourth-order valence-electron chi connectivity index (χ4n) is 6.79. The van der Waals surface area contributed by atoms with Crippen molar-refractivity contribution in [2.75, 3.05) is 31.1 Å². The Morgan fingerprint density at radius 2 is 1.93 bits per heavy atom. The van der Waals surface area contributed by atoms with Crippen LogP contribution in [0.4, 0.5) is 19.1 Å². The number of hydrogen-bond acceptors (Lipinski definition) is 6. The molecule has 4 heterocycles. The van der Waals surface area contributed by atoms with Gasteiger partial charge in [-0.05, 0) is 82.0 Å². The standard InChI is InChI=1S/C29H34ClF3N6O2/c1-16-6-7-21(23(30)9-16)17(2)39-25-22(24(36-39)29(31,32)33)12-34-27(35-25)38-14-19(15-38)18-5-4-8-37(13-18)20-10-28(3,11-20)26(40)41/h6-7,9,12,17-20H,4-5,8,10-11,13-15H2,1-3H3,(H,40,41)/t17-,18+,20?,28?/m1/s1. The predicted molar refractivity (Wildman–Crippen MR) is 149 cm³/mol. The fourth-order valence-corrected chi connectivity index (χ4v) is 7.19. The number of carboxylic acid groups (broad SMARTS) is 1. The largest absolute Gasteiger partial charge is 0.481 e. The van der Waals surface area contributed by atoms with Crippen LogP contribution in [0.5, 0.6) is 0 Å². The number of likely N-dealkylation sites (tertiary alicyclic amines) is 1. The Morgan fingerprint density at radius 3 is 2.59 bits per heavy atom. The van der Waals surface area contributed by atoms with Crippen LogP contribution in [0.3, 0.4) is 0 Å². The lowest BCUT2D eigenvalue weighted by atomic mass is 9.65. The second kappa shape index (κ2) is 10.1. The van der Waals surface area contributed by atoms with Gasteiger partial charge in [0.05, 0.1) is 16.8 Å². The third kappa shape index (κ3) is 5.05. The summed E-state index contributed by atoms with van der Waals surface area (Å²) < 4.78 is 43.1. The van der Waals surface area contributed by atoms with Crippen LogP contribution in [0.1, 0.15) is 62.4 Å². The van der Waals surface area contributed by atoms with Gasteiger partial charge in [0.15, 0.2) is 11.3 Å². The summed E-state index contributed by atoms with van der Waals surface area (Å²) in [7, 11) is 0. The van der Waals surface area contributed by atoms with Gasteiger partial charge in [-0.2, -0.15) is 23.3 Å². The number of piperidine rings is 1. The molecule has 0 unspecified atom stereocenters. The second-order valence-electron chi connectivity index (χ2n) is 12.4. The first-order valence-electron chi connectivity index (χ1n) is 14.1. The number of nitrogens with zero attached hydrogens (tertiary/aromatic N) is 6. The highest BCUT2D eigenvalue weighted by molar-refractivity contribution is 6.31. The lowest BCUT2D eigenvalue weighted by Gasteiger charge is -2.52. The molecule has 2 saturated heterocycles. The van der Waals surface area contributed by atoms with Crippen LogP contribution in [0, 0.1) is 24.2 Å². The van der Waals surface area contributed by atoms with E-state index in [1.807, 2.05) is 30.9 Å². The highest BCUT2D eigenvalue weighted by atomic mass is 35.5. The molecular formula is C29H34ClF3N6O2. The van der Waals surface area contributed by atoms with Crippen molar-refractivity contribution in [1.82, 2.24) is 24.6 Å². The van der Waals surface area contributed by atoms with Crippen molar-refractivity contribution in [3.63, 3.8) is 0 Å². The van der Waals surface area contributed by atoms with Crippen LogP contribution in [0.15, 0.2) is 24.4 Å². The molecule has 1 N–H and O–H groups in total. The molecule has 0 amide bonds. The number of aliphatic carboxylic acids is 1. The van der Waals surface area contributed by atoms with Crippen molar-refractivity contribution < 1.29 is 23.1 Å². The van der Waals surface area contributed by atoms with E-state index in [-0.39, 0.29) is 11.0 Å². The Bertz CT molecular complexity index is 1480. The van der Waals surface area contributed by atoms with Crippen molar-refractivity contribution >= 4 is 34.6 Å². The van der Waals surface area contributed by atoms with Gasteiger partial charge in [-0.25, -0.2) is 9.67 Å². The van der Waals surface area contributed by atoms with Gasteiger partial charge in [0.25, 0.3) is 0 Å². The van der Waals surface area contributed by atoms with Crippen molar-refractivity contribution in [3.05, 3.63) is 46.2 Å². The fraction of sp³-hybridized carbons (Fsp3) is 0.586. The molecular weight excluding hydrogens is 557 g/mol. The van der Waals surface area contributed by atoms with Gasteiger partial charge in [-0.1, -0.05) is 23.7 Å². The van der Waals surface area contributed by atoms with Gasteiger partial charge in [0, 0.05) is 36.9 Å². The zero-order valence-electron chi connectivity index (χ0n) is 23.3. The molecule has 220 valence electrons. The molecule has 0 bridgehead atoms. The maximum Gasteiger partial charge on any atom is 0.435 e. The SMILES string of the molecule is Cc1ccc([C@@H](C)n2nc(C(F)(F)F)c3cnc(N4CC([C@H]5CCCN(C6CC(C)(C(=O)O)C6)C5)C4)nc32)c(Cl)c1. The van der Waals surface area contributed by atoms with Crippen molar-refractivity contribution in [2.45, 2.75) is 64.7 Å². The monoisotopic (exact) mass is 590 g/mol. The van der Waals surface area contributed by atoms with Crippen molar-refractivity contribution in [1.29, 1.82) is 0 Å². The second-order valence-corrected chi connectivity index (χ2v) is 12.8. The number of halogens is 4. The Kier molecular flexibility index (Phi) is 6.96. The number of aromatic nitrogens is 4. The normalized spacial score (nSPS) is 26.6. The Balaban J connectivity index is 1.19. The van der Waals surface area contributed by atoms with E-state index in [4.69, 9.17) is 11.6 Å². The summed E-state index contributed by atoms with van der Waals surface area (Å²) in [6.07, 6.45) is 0.178. The maximum absolute atomic E-state index is 13.9. The molecule has 2 aromatic heterocycles. The van der Waals surface area contributed by atoms with Crippen LogP contribution >= 0.6 is 11.6 Å². The van der Waals surface area contributed by atoms with Crippen LogP contribution in [-0.2, 0) is 11.0 Å². The molecule has 3 aliphatic rings. The van der Waals surface area contributed by atoms with Crippen LogP contribution in [0.2, 0.25) is 5.02 Å². The number of benzene rings is 1. The minimum atomic E-state index is -4.65. The van der Waals surface area contributed by atoms with Crippen LogP contribution in [-0.4, -0.2) is 67.9 Å². The third-order valence-electron chi connectivity index (χ3n) is 9.43. The number of aryl methyl sites for hydroxylation is 1. The zero-order chi connectivity index (χ0) is 29.3. The lowest BCUT2D eigenvalue weighted by molar-refractivity contribution is -0.158. The van der Waals surface area contributed by atoms with Crippen molar-refractivity contribution in [2.24, 2.45) is 17.3 Å². The van der Waals surface area contributed by atoms with Gasteiger partial charge in [-0.15, -0.1) is 0 Å². The minimum Gasteiger partial charge on any atom is -0.481 e. The first-order valence-corrected chi connectivity index (χ1v) is 14.5. The summed E-state index contributed by atoms with van der Waals surface area (Å²) in [5.74, 6) is 0.610. The molecule has 0 radical (unpaired) electrons. The van der Waals surface area contributed by atoms with Gasteiger partial charge >= 0.3 is 12.1 Å². The molecule has 1 aromatic carbocycles. The summed E-state index contributed by atoms with van der Waals surface area (Å²) in [5, 5.41) is 13.8. The number of fused-ring (bicyclic) bond motifs is 1. The van der Waals surface area contributed by atoms with Crippen molar-refractivity contribution in [3.8, 4) is 0 Å². The smallest absolute Gasteiger partial charge is 0.435 e. The lowest BCUT2D eigenvalue weighted by Crippen LogP contribution is -2.58. The molecule has 12 heteroatoms. The molecule has 1 saturated carbocycles. The molecule has 2 aliphatic heterocycles. The number of carboxylic acids is 1. The highest BCUT2D eigenvalue weighted by Crippen LogP contribution is 2.45. The zero-order valence-corrected chi connectivity index (χ0v) is 24.1. The van der Waals surface area contributed by atoms with Gasteiger partial charge < -0.3 is 14.9 Å². The Hall–Kier alpha value is -2.92. The van der Waals surface area contributed by atoms with Crippen LogP contribution < -0.4 is 4.90 Å². The van der Waals surface area contributed by atoms with Crippen LogP contribution in [0.25, 0.3) is 11.0 Å². The number of hydrogen-bond donors (Lipinski definition) is 1. The molecule has 3 aromatic rings. The molecule has 2 atom stereocenters.